The molecule has 30 heavy (non-hydrogen) atoms. The molecule has 2 aromatic carbocycles. The lowest BCUT2D eigenvalue weighted by atomic mass is 9.98. The monoisotopic (exact) mass is 428 g/mol. The van der Waals surface area contributed by atoms with Crippen LogP contribution in [0.3, 0.4) is 0 Å². The first-order valence-corrected chi connectivity index (χ1v) is 10.3. The number of ether oxygens (including phenoxy) is 1. The highest BCUT2D eigenvalue weighted by atomic mass is 35.5. The summed E-state index contributed by atoms with van der Waals surface area (Å²) in [5, 5.41) is 0.697. The second-order valence-electron chi connectivity index (χ2n) is 7.36. The normalized spacial score (nSPS) is 16.5. The third-order valence-electron chi connectivity index (χ3n) is 5.18. The Morgan fingerprint density at radius 1 is 1.27 bits per heavy atom. The predicted molar refractivity (Wildman–Crippen MR) is 111 cm³/mol. The number of likely N-dealkylation sites (tertiary alicyclic amines) is 1. The third-order valence-corrected chi connectivity index (χ3v) is 5.54. The summed E-state index contributed by atoms with van der Waals surface area (Å²) >= 11 is 6.23. The maximum atomic E-state index is 13.2. The molecule has 2 heterocycles. The van der Waals surface area contributed by atoms with E-state index < -0.39 is 5.82 Å². The molecule has 0 N–H and O–H groups in total. The van der Waals surface area contributed by atoms with Gasteiger partial charge in [0.15, 0.2) is 12.5 Å². The van der Waals surface area contributed by atoms with Gasteiger partial charge in [-0.3, -0.25) is 4.79 Å². The Kier molecular flexibility index (Phi) is 6.33. The minimum atomic E-state index is -0.394. The molecule has 1 unspecified atom stereocenters. The van der Waals surface area contributed by atoms with Crippen LogP contribution in [0.1, 0.15) is 36.0 Å². The quantitative estimate of drug-likeness (QED) is 0.563. The number of aromatic nitrogens is 1. The van der Waals surface area contributed by atoms with Crippen molar-refractivity contribution in [3.05, 3.63) is 82.8 Å². The zero-order valence-corrected chi connectivity index (χ0v) is 17.1. The summed E-state index contributed by atoms with van der Waals surface area (Å²) in [4.78, 5) is 18.8. The van der Waals surface area contributed by atoms with Crippen molar-refractivity contribution >= 4 is 17.5 Å². The lowest BCUT2D eigenvalue weighted by Crippen LogP contribution is -2.41. The summed E-state index contributed by atoms with van der Waals surface area (Å²) in [6.07, 6.45) is 4.06. The number of nitrogens with zero attached hydrogens (tertiary/aromatic N) is 2. The van der Waals surface area contributed by atoms with Crippen molar-refractivity contribution in [3.8, 4) is 5.75 Å². The van der Waals surface area contributed by atoms with Crippen LogP contribution in [0.5, 0.6) is 5.75 Å². The van der Waals surface area contributed by atoms with Gasteiger partial charge in [0.25, 0.3) is 5.91 Å². The summed E-state index contributed by atoms with van der Waals surface area (Å²) < 4.78 is 24.7. The Labute approximate surface area is 179 Å². The first-order valence-electron chi connectivity index (χ1n) is 9.92. The van der Waals surface area contributed by atoms with Crippen LogP contribution in [0, 0.1) is 5.82 Å². The molecule has 5 nitrogen and oxygen atoms in total. The standard InChI is InChI=1S/C23H22ClFN2O3/c24-21-9-2-1-5-16(21)11-20-13-26-23(30-20)17-6-4-10-27(14-17)22(28)15-29-19-8-3-7-18(25)12-19/h1-3,5,7-9,12-13,17H,4,6,10-11,14-15H2. The topological polar surface area (TPSA) is 55.6 Å². The average Bonchev–Trinajstić information content (AvgIpc) is 3.22. The summed E-state index contributed by atoms with van der Waals surface area (Å²) in [5.41, 5.74) is 0.983. The highest BCUT2D eigenvalue weighted by Crippen LogP contribution is 2.28. The second-order valence-corrected chi connectivity index (χ2v) is 7.77. The molecule has 7 heteroatoms. The van der Waals surface area contributed by atoms with E-state index in [0.29, 0.717) is 36.2 Å². The number of piperidine rings is 1. The Hall–Kier alpha value is -2.86. The number of amides is 1. The minimum absolute atomic E-state index is 0.0388. The maximum Gasteiger partial charge on any atom is 0.260 e. The molecule has 3 aromatic rings. The van der Waals surface area contributed by atoms with E-state index in [9.17, 15) is 9.18 Å². The smallest absolute Gasteiger partial charge is 0.260 e. The van der Waals surface area contributed by atoms with Crippen LogP contribution in [-0.2, 0) is 11.2 Å². The summed E-state index contributed by atoms with van der Waals surface area (Å²) in [7, 11) is 0. The van der Waals surface area contributed by atoms with E-state index in [0.717, 1.165) is 24.2 Å². The van der Waals surface area contributed by atoms with Crippen molar-refractivity contribution in [2.45, 2.75) is 25.2 Å². The van der Waals surface area contributed by atoms with Crippen LogP contribution in [0.15, 0.2) is 59.1 Å². The van der Waals surface area contributed by atoms with Crippen LogP contribution in [-0.4, -0.2) is 35.5 Å². The SMILES string of the molecule is O=C(COc1cccc(F)c1)N1CCCC(c2ncc(Cc3ccccc3Cl)o2)C1. The number of benzene rings is 2. The van der Waals surface area contributed by atoms with Crippen LogP contribution in [0.2, 0.25) is 5.02 Å². The van der Waals surface area contributed by atoms with Crippen molar-refractivity contribution < 1.29 is 18.3 Å². The Bertz CT molecular complexity index is 1020. The highest BCUT2D eigenvalue weighted by Gasteiger charge is 2.28. The molecule has 1 fully saturated rings. The van der Waals surface area contributed by atoms with Crippen molar-refractivity contribution in [2.24, 2.45) is 0 Å². The van der Waals surface area contributed by atoms with Gasteiger partial charge in [0.2, 0.25) is 0 Å². The molecule has 0 saturated carbocycles. The zero-order valence-electron chi connectivity index (χ0n) is 16.4. The van der Waals surface area contributed by atoms with Gasteiger partial charge in [-0.1, -0.05) is 35.9 Å². The van der Waals surface area contributed by atoms with Gasteiger partial charge in [-0.2, -0.15) is 0 Å². The largest absolute Gasteiger partial charge is 0.484 e. The van der Waals surface area contributed by atoms with Crippen molar-refractivity contribution in [1.29, 1.82) is 0 Å². The second kappa shape index (κ2) is 9.30. The first kappa shape index (κ1) is 20.4. The maximum absolute atomic E-state index is 13.2. The van der Waals surface area contributed by atoms with Gasteiger partial charge in [-0.15, -0.1) is 0 Å². The number of hydrogen-bond acceptors (Lipinski definition) is 4. The number of hydrogen-bond donors (Lipinski definition) is 0. The van der Waals surface area contributed by atoms with Crippen LogP contribution in [0.25, 0.3) is 0 Å². The number of halogens is 2. The Balaban J connectivity index is 1.35. The number of carbonyl (C=O) groups is 1. The van der Waals surface area contributed by atoms with Gasteiger partial charge in [0.1, 0.15) is 17.3 Å². The van der Waals surface area contributed by atoms with Gasteiger partial charge in [0.05, 0.1) is 12.1 Å². The third kappa shape index (κ3) is 5.00. The molecule has 1 atom stereocenters. The molecule has 1 saturated heterocycles. The van der Waals surface area contributed by atoms with Gasteiger partial charge in [-0.05, 0) is 36.6 Å². The number of carbonyl (C=O) groups excluding carboxylic acids is 1. The van der Waals surface area contributed by atoms with E-state index in [-0.39, 0.29) is 18.4 Å². The molecular formula is C23H22ClFN2O3. The fourth-order valence-electron chi connectivity index (χ4n) is 3.62. The van der Waals surface area contributed by atoms with E-state index in [1.165, 1.54) is 12.1 Å². The summed E-state index contributed by atoms with van der Waals surface area (Å²) in [6.45, 7) is 1.06. The molecule has 0 aliphatic carbocycles. The highest BCUT2D eigenvalue weighted by molar-refractivity contribution is 6.31. The zero-order chi connectivity index (χ0) is 20.9. The molecule has 1 amide bonds. The molecule has 0 radical (unpaired) electrons. The minimum Gasteiger partial charge on any atom is -0.484 e. The number of rotatable bonds is 6. The van der Waals surface area contributed by atoms with Gasteiger partial charge >= 0.3 is 0 Å². The lowest BCUT2D eigenvalue weighted by molar-refractivity contribution is -0.134. The average molecular weight is 429 g/mol. The van der Waals surface area contributed by atoms with Gasteiger partial charge in [0, 0.05) is 30.6 Å². The van der Waals surface area contributed by atoms with E-state index in [2.05, 4.69) is 4.98 Å². The van der Waals surface area contributed by atoms with Crippen molar-refractivity contribution in [1.82, 2.24) is 9.88 Å². The van der Waals surface area contributed by atoms with Crippen molar-refractivity contribution in [2.75, 3.05) is 19.7 Å². The van der Waals surface area contributed by atoms with Gasteiger partial charge in [-0.25, -0.2) is 9.37 Å². The molecule has 156 valence electrons. The number of oxazole rings is 1. The fourth-order valence-corrected chi connectivity index (χ4v) is 3.82. The van der Waals surface area contributed by atoms with Gasteiger partial charge < -0.3 is 14.1 Å². The molecule has 4 rings (SSSR count). The fraction of sp³-hybridized carbons (Fsp3) is 0.304. The van der Waals surface area contributed by atoms with E-state index in [4.69, 9.17) is 20.8 Å². The van der Waals surface area contributed by atoms with Crippen LogP contribution in [0.4, 0.5) is 4.39 Å². The Morgan fingerprint density at radius 3 is 2.97 bits per heavy atom. The molecular weight excluding hydrogens is 407 g/mol. The molecule has 1 aromatic heterocycles. The first-order chi connectivity index (χ1) is 14.6. The predicted octanol–water partition coefficient (Wildman–Crippen LogP) is 4.84. The molecule has 1 aliphatic rings. The molecule has 0 bridgehead atoms. The Morgan fingerprint density at radius 2 is 2.13 bits per heavy atom. The summed E-state index contributed by atoms with van der Waals surface area (Å²) in [5.74, 6) is 1.24. The van der Waals surface area contributed by atoms with Crippen LogP contribution >= 0.6 is 11.6 Å². The molecule has 1 aliphatic heterocycles. The summed E-state index contributed by atoms with van der Waals surface area (Å²) in [6, 6.07) is 13.4. The van der Waals surface area contributed by atoms with E-state index >= 15 is 0 Å². The van der Waals surface area contributed by atoms with Crippen LogP contribution < -0.4 is 4.74 Å². The lowest BCUT2D eigenvalue weighted by Gasteiger charge is -2.31. The van der Waals surface area contributed by atoms with E-state index in [1.54, 1.807) is 23.2 Å². The van der Waals surface area contributed by atoms with E-state index in [1.807, 2.05) is 24.3 Å². The molecule has 0 spiro atoms. The van der Waals surface area contributed by atoms with Crippen molar-refractivity contribution in [3.63, 3.8) is 0 Å².